The lowest BCUT2D eigenvalue weighted by atomic mass is 10.1. The predicted octanol–water partition coefficient (Wildman–Crippen LogP) is -0.196. The minimum absolute atomic E-state index is 0.149. The molecule has 1 saturated heterocycles. The van der Waals surface area contributed by atoms with Gasteiger partial charge in [-0.25, -0.2) is 4.79 Å². The van der Waals surface area contributed by atoms with Gasteiger partial charge < -0.3 is 15.2 Å². The van der Waals surface area contributed by atoms with Crippen LogP contribution in [0.15, 0.2) is 12.3 Å². The highest BCUT2D eigenvalue weighted by Crippen LogP contribution is 2.14. The number of amides is 1. The molecule has 0 saturated carbocycles. The van der Waals surface area contributed by atoms with Gasteiger partial charge in [0.15, 0.2) is 6.10 Å². The molecule has 0 radical (unpaired) electrons. The molecular weight excluding hydrogens is 250 g/mol. The highest BCUT2D eigenvalue weighted by molar-refractivity contribution is 5.80. The van der Waals surface area contributed by atoms with Crippen LogP contribution in [-0.2, 0) is 27.3 Å². The summed E-state index contributed by atoms with van der Waals surface area (Å²) >= 11 is 0. The molecule has 0 aliphatic carbocycles. The average Bonchev–Trinajstić information content (AvgIpc) is 2.97. The number of nitrogens with zero attached hydrogens (tertiary/aromatic N) is 2. The summed E-state index contributed by atoms with van der Waals surface area (Å²) in [6.45, 7) is 3.07. The van der Waals surface area contributed by atoms with Crippen LogP contribution in [0.25, 0.3) is 0 Å². The van der Waals surface area contributed by atoms with Gasteiger partial charge in [-0.15, -0.1) is 0 Å². The molecule has 0 spiro atoms. The molecule has 19 heavy (non-hydrogen) atoms. The van der Waals surface area contributed by atoms with E-state index in [0.29, 0.717) is 18.7 Å². The summed E-state index contributed by atoms with van der Waals surface area (Å²) in [4.78, 5) is 22.7. The Morgan fingerprint density at radius 3 is 3.05 bits per heavy atom. The topological polar surface area (TPSA) is 93.5 Å². The van der Waals surface area contributed by atoms with E-state index >= 15 is 0 Å². The zero-order chi connectivity index (χ0) is 13.8. The minimum Gasteiger partial charge on any atom is -0.479 e. The van der Waals surface area contributed by atoms with E-state index in [1.54, 1.807) is 16.9 Å². The molecule has 0 bridgehead atoms. The van der Waals surface area contributed by atoms with Gasteiger partial charge >= 0.3 is 5.97 Å². The number of carboxylic acid groups (broad SMARTS) is 1. The van der Waals surface area contributed by atoms with Gasteiger partial charge in [0.25, 0.3) is 0 Å². The van der Waals surface area contributed by atoms with Crippen molar-refractivity contribution in [2.45, 2.75) is 38.5 Å². The second kappa shape index (κ2) is 5.83. The number of aryl methyl sites for hydroxylation is 1. The maximum absolute atomic E-state index is 11.8. The molecule has 104 valence electrons. The van der Waals surface area contributed by atoms with Gasteiger partial charge in [0.1, 0.15) is 0 Å². The third-order valence-corrected chi connectivity index (χ3v) is 3.04. The van der Waals surface area contributed by atoms with Crippen LogP contribution in [-0.4, -0.2) is 45.5 Å². The van der Waals surface area contributed by atoms with Gasteiger partial charge in [0.05, 0.1) is 18.2 Å². The van der Waals surface area contributed by atoms with Gasteiger partial charge in [0.2, 0.25) is 5.91 Å². The molecule has 1 aromatic heterocycles. The van der Waals surface area contributed by atoms with Crippen LogP contribution in [0.1, 0.15) is 19.0 Å². The van der Waals surface area contributed by atoms with E-state index in [1.165, 1.54) is 0 Å². The predicted molar refractivity (Wildman–Crippen MR) is 65.5 cm³/mol. The van der Waals surface area contributed by atoms with Crippen LogP contribution >= 0.6 is 0 Å². The summed E-state index contributed by atoms with van der Waals surface area (Å²) in [5.74, 6) is -1.28. The van der Waals surface area contributed by atoms with E-state index in [1.807, 2.05) is 6.92 Å². The SMILES string of the molecule is CCn1ccc(CC(=O)N[C@@H]2CCO[C@@H]2C(=O)O)n1. The van der Waals surface area contributed by atoms with Gasteiger partial charge in [-0.05, 0) is 19.4 Å². The maximum Gasteiger partial charge on any atom is 0.334 e. The summed E-state index contributed by atoms with van der Waals surface area (Å²) in [5, 5.41) is 15.8. The Kier molecular flexibility index (Phi) is 4.16. The van der Waals surface area contributed by atoms with Crippen molar-refractivity contribution in [1.29, 1.82) is 0 Å². The second-order valence-corrected chi connectivity index (χ2v) is 4.43. The van der Waals surface area contributed by atoms with Crippen LogP contribution in [0.3, 0.4) is 0 Å². The van der Waals surface area contributed by atoms with Gasteiger partial charge in [-0.1, -0.05) is 0 Å². The first-order valence-corrected chi connectivity index (χ1v) is 6.26. The number of carbonyl (C=O) groups excluding carboxylic acids is 1. The Morgan fingerprint density at radius 2 is 2.42 bits per heavy atom. The molecule has 1 amide bonds. The molecule has 1 aliphatic rings. The Bertz CT molecular complexity index is 471. The van der Waals surface area contributed by atoms with E-state index < -0.39 is 18.1 Å². The van der Waals surface area contributed by atoms with Crippen molar-refractivity contribution < 1.29 is 19.4 Å². The molecule has 0 aromatic carbocycles. The zero-order valence-electron chi connectivity index (χ0n) is 10.7. The molecule has 2 rings (SSSR count). The van der Waals surface area contributed by atoms with Crippen molar-refractivity contribution in [3.63, 3.8) is 0 Å². The first kappa shape index (κ1) is 13.5. The van der Waals surface area contributed by atoms with Gasteiger partial charge in [-0.3, -0.25) is 9.48 Å². The van der Waals surface area contributed by atoms with E-state index in [9.17, 15) is 9.59 Å². The quantitative estimate of drug-likeness (QED) is 0.771. The minimum atomic E-state index is -1.04. The fourth-order valence-electron chi connectivity index (χ4n) is 2.08. The maximum atomic E-state index is 11.8. The highest BCUT2D eigenvalue weighted by Gasteiger charge is 2.35. The molecule has 0 unspecified atom stereocenters. The molecule has 2 atom stereocenters. The highest BCUT2D eigenvalue weighted by atomic mass is 16.5. The zero-order valence-corrected chi connectivity index (χ0v) is 10.7. The second-order valence-electron chi connectivity index (χ2n) is 4.43. The average molecular weight is 267 g/mol. The molecule has 1 fully saturated rings. The Hall–Kier alpha value is -1.89. The van der Waals surface area contributed by atoms with Crippen LogP contribution in [0.2, 0.25) is 0 Å². The summed E-state index contributed by atoms with van der Waals surface area (Å²) in [7, 11) is 0. The number of ether oxygens (including phenoxy) is 1. The van der Waals surface area contributed by atoms with Crippen molar-refractivity contribution >= 4 is 11.9 Å². The summed E-state index contributed by atoms with van der Waals surface area (Å²) in [6, 6.07) is 1.32. The summed E-state index contributed by atoms with van der Waals surface area (Å²) in [6.07, 6.45) is 1.53. The fourth-order valence-corrected chi connectivity index (χ4v) is 2.08. The van der Waals surface area contributed by atoms with Crippen molar-refractivity contribution in [2.75, 3.05) is 6.61 Å². The van der Waals surface area contributed by atoms with Crippen LogP contribution in [0.4, 0.5) is 0 Å². The molecular formula is C12H17N3O4. The Balaban J connectivity index is 1.88. The molecule has 1 aromatic rings. The van der Waals surface area contributed by atoms with Crippen LogP contribution < -0.4 is 5.32 Å². The van der Waals surface area contributed by atoms with Crippen LogP contribution in [0, 0.1) is 0 Å². The Morgan fingerprint density at radius 1 is 1.63 bits per heavy atom. The smallest absolute Gasteiger partial charge is 0.334 e. The Labute approximate surface area is 110 Å². The first-order valence-electron chi connectivity index (χ1n) is 6.26. The molecule has 7 heteroatoms. The molecule has 2 N–H and O–H groups in total. The molecule has 7 nitrogen and oxygen atoms in total. The number of rotatable bonds is 5. The van der Waals surface area contributed by atoms with Crippen molar-refractivity contribution in [3.05, 3.63) is 18.0 Å². The lowest BCUT2D eigenvalue weighted by Gasteiger charge is -2.15. The standard InChI is InChI=1S/C12H17N3O4/c1-2-15-5-3-8(14-15)7-10(16)13-9-4-6-19-11(9)12(17)18/h3,5,9,11H,2,4,6-7H2,1H3,(H,13,16)(H,17,18)/t9-,11+/m1/s1. The first-order chi connectivity index (χ1) is 9.10. The fraction of sp³-hybridized carbons (Fsp3) is 0.583. The third kappa shape index (κ3) is 3.31. The number of hydrogen-bond donors (Lipinski definition) is 2. The van der Waals surface area contributed by atoms with Crippen molar-refractivity contribution in [2.24, 2.45) is 0 Å². The lowest BCUT2D eigenvalue weighted by molar-refractivity contribution is -0.148. The number of carboxylic acids is 1. The molecule has 1 aliphatic heterocycles. The lowest BCUT2D eigenvalue weighted by Crippen LogP contribution is -2.44. The van der Waals surface area contributed by atoms with E-state index in [0.717, 1.165) is 6.54 Å². The number of nitrogens with one attached hydrogen (secondary N) is 1. The largest absolute Gasteiger partial charge is 0.479 e. The summed E-state index contributed by atoms with van der Waals surface area (Å²) in [5.41, 5.74) is 0.671. The van der Waals surface area contributed by atoms with E-state index in [4.69, 9.17) is 9.84 Å². The van der Waals surface area contributed by atoms with Crippen molar-refractivity contribution in [1.82, 2.24) is 15.1 Å². The number of aromatic nitrogens is 2. The summed E-state index contributed by atoms with van der Waals surface area (Å²) < 4.78 is 6.80. The number of aliphatic carboxylic acids is 1. The molecule has 2 heterocycles. The van der Waals surface area contributed by atoms with Crippen molar-refractivity contribution in [3.8, 4) is 0 Å². The van der Waals surface area contributed by atoms with E-state index in [-0.39, 0.29) is 12.3 Å². The van der Waals surface area contributed by atoms with Crippen LogP contribution in [0.5, 0.6) is 0 Å². The monoisotopic (exact) mass is 267 g/mol. The number of hydrogen-bond acceptors (Lipinski definition) is 4. The van der Waals surface area contributed by atoms with E-state index in [2.05, 4.69) is 10.4 Å². The third-order valence-electron chi connectivity index (χ3n) is 3.04. The normalized spacial score (nSPS) is 22.4. The van der Waals surface area contributed by atoms with Gasteiger partial charge in [-0.2, -0.15) is 5.10 Å². The number of carbonyl (C=O) groups is 2. The van der Waals surface area contributed by atoms with Gasteiger partial charge in [0, 0.05) is 19.3 Å².